The van der Waals surface area contributed by atoms with E-state index < -0.39 is 5.97 Å². The van der Waals surface area contributed by atoms with Crippen molar-refractivity contribution in [2.75, 3.05) is 14.2 Å². The van der Waals surface area contributed by atoms with Crippen LogP contribution in [0.4, 0.5) is 0 Å². The topological polar surface area (TPSA) is 57.1 Å². The Morgan fingerprint density at radius 1 is 1.00 bits per heavy atom. The molecule has 0 aliphatic carbocycles. The molecule has 0 saturated heterocycles. The summed E-state index contributed by atoms with van der Waals surface area (Å²) < 4.78 is 17.6. The van der Waals surface area contributed by atoms with Crippen LogP contribution in [0, 0.1) is 0 Å². The standard InChI is InChI=1S/C18H13Br2NO4/c1-23-15-5-3-11(19)7-10(15)8-14-18(22)25-17(21-14)13-9-12(20)4-6-16(13)24-2/h3-9H,1-2H3/b14-8+. The number of carbonyl (C=O) groups excluding carboxylic acids is 1. The van der Waals surface area contributed by atoms with E-state index in [9.17, 15) is 4.79 Å². The Balaban J connectivity index is 2.04. The molecule has 0 amide bonds. The molecule has 0 spiro atoms. The molecular weight excluding hydrogens is 454 g/mol. The molecule has 0 saturated carbocycles. The Bertz CT molecular complexity index is 906. The van der Waals surface area contributed by atoms with Gasteiger partial charge < -0.3 is 14.2 Å². The number of ether oxygens (including phenoxy) is 3. The molecule has 0 fully saturated rings. The normalized spacial score (nSPS) is 15.1. The van der Waals surface area contributed by atoms with E-state index in [1.54, 1.807) is 38.5 Å². The van der Waals surface area contributed by atoms with Crippen LogP contribution >= 0.6 is 31.9 Å². The van der Waals surface area contributed by atoms with Gasteiger partial charge in [0.1, 0.15) is 11.5 Å². The summed E-state index contributed by atoms with van der Waals surface area (Å²) in [5.41, 5.74) is 1.50. The van der Waals surface area contributed by atoms with Crippen LogP contribution in [0.25, 0.3) is 6.08 Å². The molecular formula is C18H13Br2NO4. The van der Waals surface area contributed by atoms with E-state index in [-0.39, 0.29) is 11.6 Å². The fourth-order valence-electron chi connectivity index (χ4n) is 2.34. The molecule has 7 heteroatoms. The number of esters is 1. The molecule has 0 aromatic heterocycles. The summed E-state index contributed by atoms with van der Waals surface area (Å²) in [5, 5.41) is 0. The number of rotatable bonds is 4. The summed E-state index contributed by atoms with van der Waals surface area (Å²) in [6.07, 6.45) is 1.63. The van der Waals surface area contributed by atoms with Crippen molar-refractivity contribution in [1.29, 1.82) is 0 Å². The molecule has 3 rings (SSSR count). The van der Waals surface area contributed by atoms with Gasteiger partial charge in [0.05, 0.1) is 19.8 Å². The molecule has 1 aliphatic rings. The average Bonchev–Trinajstić information content (AvgIpc) is 2.96. The second-order valence-electron chi connectivity index (χ2n) is 5.07. The number of hydrogen-bond acceptors (Lipinski definition) is 5. The maximum absolute atomic E-state index is 12.2. The molecule has 2 aromatic carbocycles. The van der Waals surface area contributed by atoms with Gasteiger partial charge in [0.15, 0.2) is 5.70 Å². The number of benzene rings is 2. The minimum Gasteiger partial charge on any atom is -0.496 e. The molecule has 0 atom stereocenters. The molecule has 0 unspecified atom stereocenters. The zero-order valence-electron chi connectivity index (χ0n) is 13.4. The van der Waals surface area contributed by atoms with E-state index in [0.29, 0.717) is 17.1 Å². The number of aliphatic imine (C=N–C) groups is 1. The first-order chi connectivity index (χ1) is 12.0. The van der Waals surface area contributed by atoms with Gasteiger partial charge in [-0.1, -0.05) is 31.9 Å². The zero-order valence-corrected chi connectivity index (χ0v) is 16.5. The smallest absolute Gasteiger partial charge is 0.363 e. The number of nitrogens with zero attached hydrogens (tertiary/aromatic N) is 1. The van der Waals surface area contributed by atoms with Crippen LogP contribution in [0.3, 0.4) is 0 Å². The third kappa shape index (κ3) is 3.77. The Morgan fingerprint density at radius 3 is 2.32 bits per heavy atom. The molecule has 1 heterocycles. The molecule has 0 bridgehead atoms. The third-order valence-corrected chi connectivity index (χ3v) is 4.48. The van der Waals surface area contributed by atoms with Crippen molar-refractivity contribution in [3.8, 4) is 11.5 Å². The van der Waals surface area contributed by atoms with Crippen LogP contribution < -0.4 is 9.47 Å². The second-order valence-corrected chi connectivity index (χ2v) is 6.90. The predicted molar refractivity (Wildman–Crippen MR) is 102 cm³/mol. The number of hydrogen-bond donors (Lipinski definition) is 0. The van der Waals surface area contributed by atoms with Crippen LogP contribution in [0.2, 0.25) is 0 Å². The molecule has 1 aliphatic heterocycles. The van der Waals surface area contributed by atoms with Crippen molar-refractivity contribution < 1.29 is 19.0 Å². The van der Waals surface area contributed by atoms with Crippen LogP contribution in [0.5, 0.6) is 11.5 Å². The molecule has 5 nitrogen and oxygen atoms in total. The Kier molecular flexibility index (Phi) is 5.24. The second kappa shape index (κ2) is 7.41. The maximum atomic E-state index is 12.2. The number of halogens is 2. The summed E-state index contributed by atoms with van der Waals surface area (Å²) >= 11 is 6.80. The predicted octanol–water partition coefficient (Wildman–Crippen LogP) is 4.57. The van der Waals surface area contributed by atoms with Crippen molar-refractivity contribution in [1.82, 2.24) is 0 Å². The van der Waals surface area contributed by atoms with Gasteiger partial charge in [0.2, 0.25) is 5.90 Å². The third-order valence-electron chi connectivity index (χ3n) is 3.50. The van der Waals surface area contributed by atoms with E-state index in [4.69, 9.17) is 14.2 Å². The van der Waals surface area contributed by atoms with Crippen LogP contribution in [0.1, 0.15) is 11.1 Å². The summed E-state index contributed by atoms with van der Waals surface area (Å²) in [7, 11) is 3.12. The lowest BCUT2D eigenvalue weighted by molar-refractivity contribution is -0.129. The highest BCUT2D eigenvalue weighted by molar-refractivity contribution is 9.10. The fourth-order valence-corrected chi connectivity index (χ4v) is 3.08. The van der Waals surface area contributed by atoms with Gasteiger partial charge in [0, 0.05) is 14.5 Å². The lowest BCUT2D eigenvalue weighted by Gasteiger charge is -2.07. The minimum absolute atomic E-state index is 0.188. The quantitative estimate of drug-likeness (QED) is 0.489. The van der Waals surface area contributed by atoms with Gasteiger partial charge in [0.25, 0.3) is 0 Å². The summed E-state index contributed by atoms with van der Waals surface area (Å²) in [6, 6.07) is 10.9. The van der Waals surface area contributed by atoms with Gasteiger partial charge in [-0.25, -0.2) is 9.79 Å². The van der Waals surface area contributed by atoms with Crippen LogP contribution in [-0.4, -0.2) is 26.1 Å². The first-order valence-corrected chi connectivity index (χ1v) is 8.80. The lowest BCUT2D eigenvalue weighted by atomic mass is 10.1. The lowest BCUT2D eigenvalue weighted by Crippen LogP contribution is -2.07. The van der Waals surface area contributed by atoms with Gasteiger partial charge in [-0.05, 0) is 42.5 Å². The van der Waals surface area contributed by atoms with Crippen molar-refractivity contribution >= 4 is 49.8 Å². The van der Waals surface area contributed by atoms with Gasteiger partial charge >= 0.3 is 5.97 Å². The van der Waals surface area contributed by atoms with Crippen molar-refractivity contribution in [2.24, 2.45) is 4.99 Å². The molecule has 0 N–H and O–H groups in total. The van der Waals surface area contributed by atoms with Gasteiger partial charge in [-0.3, -0.25) is 0 Å². The van der Waals surface area contributed by atoms with E-state index in [1.165, 1.54) is 0 Å². The first-order valence-electron chi connectivity index (χ1n) is 7.22. The highest BCUT2D eigenvalue weighted by Gasteiger charge is 2.26. The first kappa shape index (κ1) is 17.7. The Hall–Kier alpha value is -2.12. The zero-order chi connectivity index (χ0) is 18.0. The van der Waals surface area contributed by atoms with E-state index in [1.807, 2.05) is 18.2 Å². The van der Waals surface area contributed by atoms with Crippen molar-refractivity contribution in [3.05, 3.63) is 62.2 Å². The monoisotopic (exact) mass is 465 g/mol. The van der Waals surface area contributed by atoms with Crippen molar-refractivity contribution in [2.45, 2.75) is 0 Å². The highest BCUT2D eigenvalue weighted by atomic mass is 79.9. The average molecular weight is 467 g/mol. The largest absolute Gasteiger partial charge is 0.496 e. The minimum atomic E-state index is -0.529. The van der Waals surface area contributed by atoms with Gasteiger partial charge in [-0.15, -0.1) is 0 Å². The summed E-state index contributed by atoms with van der Waals surface area (Å²) in [4.78, 5) is 16.5. The molecule has 128 valence electrons. The van der Waals surface area contributed by atoms with Gasteiger partial charge in [-0.2, -0.15) is 0 Å². The molecule has 2 aromatic rings. The van der Waals surface area contributed by atoms with Crippen LogP contribution in [-0.2, 0) is 9.53 Å². The number of cyclic esters (lactones) is 1. The highest BCUT2D eigenvalue weighted by Crippen LogP contribution is 2.30. The maximum Gasteiger partial charge on any atom is 0.363 e. The van der Waals surface area contributed by atoms with E-state index in [0.717, 1.165) is 14.5 Å². The number of carbonyl (C=O) groups is 1. The number of methoxy groups -OCH3 is 2. The summed E-state index contributed by atoms with van der Waals surface area (Å²) in [6.45, 7) is 0. The SMILES string of the molecule is COc1ccc(Br)cc1/C=C1/N=C(c2cc(Br)ccc2OC)OC1=O. The molecule has 0 radical (unpaired) electrons. The molecule has 25 heavy (non-hydrogen) atoms. The van der Waals surface area contributed by atoms with Crippen molar-refractivity contribution in [3.63, 3.8) is 0 Å². The Labute approximate surface area is 161 Å². The van der Waals surface area contributed by atoms with E-state index >= 15 is 0 Å². The summed E-state index contributed by atoms with van der Waals surface area (Å²) in [5.74, 6) is 0.866. The fraction of sp³-hybridized carbons (Fsp3) is 0.111. The van der Waals surface area contributed by atoms with E-state index in [2.05, 4.69) is 36.9 Å². The van der Waals surface area contributed by atoms with Crippen LogP contribution in [0.15, 0.2) is 56.0 Å². The Morgan fingerprint density at radius 2 is 1.64 bits per heavy atom.